The third-order valence-electron chi connectivity index (χ3n) is 4.91. The quantitative estimate of drug-likeness (QED) is 0.705. The minimum atomic E-state index is -3.70. The monoisotopic (exact) mass is 394 g/mol. The zero-order valence-electron chi connectivity index (χ0n) is 15.8. The lowest BCUT2D eigenvalue weighted by Gasteiger charge is -2.17. The highest BCUT2D eigenvalue weighted by Gasteiger charge is 2.21. The van der Waals surface area contributed by atoms with Crippen molar-refractivity contribution in [3.05, 3.63) is 71.8 Å². The van der Waals surface area contributed by atoms with Crippen LogP contribution in [0.15, 0.2) is 65.6 Å². The first kappa shape index (κ1) is 18.4. The SMILES string of the molecule is CC(C)c1ccc(S(=O)(=O)Nc2ccc(N3CCc4ccccc43)nn2)cc1. The zero-order valence-corrected chi connectivity index (χ0v) is 16.6. The van der Waals surface area contributed by atoms with E-state index in [-0.39, 0.29) is 10.7 Å². The molecule has 1 aliphatic heterocycles. The van der Waals surface area contributed by atoms with Gasteiger partial charge in [-0.1, -0.05) is 44.2 Å². The van der Waals surface area contributed by atoms with E-state index in [0.717, 1.165) is 24.2 Å². The molecule has 0 atom stereocenters. The minimum Gasteiger partial charge on any atom is -0.324 e. The van der Waals surface area contributed by atoms with Crippen LogP contribution in [0.4, 0.5) is 17.3 Å². The van der Waals surface area contributed by atoms with Gasteiger partial charge in [-0.3, -0.25) is 4.72 Å². The van der Waals surface area contributed by atoms with Gasteiger partial charge in [-0.2, -0.15) is 0 Å². The Kier molecular flexibility index (Phi) is 4.77. The Hall–Kier alpha value is -2.93. The van der Waals surface area contributed by atoms with Gasteiger partial charge in [0.05, 0.1) is 4.90 Å². The van der Waals surface area contributed by atoms with Crippen molar-refractivity contribution in [2.24, 2.45) is 0 Å². The van der Waals surface area contributed by atoms with E-state index in [9.17, 15) is 8.42 Å². The van der Waals surface area contributed by atoms with Gasteiger partial charge in [-0.15, -0.1) is 10.2 Å². The molecule has 2 aromatic carbocycles. The molecule has 0 saturated carbocycles. The minimum absolute atomic E-state index is 0.198. The summed E-state index contributed by atoms with van der Waals surface area (Å²) >= 11 is 0. The fourth-order valence-electron chi connectivity index (χ4n) is 3.33. The van der Waals surface area contributed by atoms with Crippen molar-refractivity contribution in [3.63, 3.8) is 0 Å². The molecule has 4 rings (SSSR count). The van der Waals surface area contributed by atoms with Crippen molar-refractivity contribution < 1.29 is 8.42 Å². The average Bonchev–Trinajstić information content (AvgIpc) is 3.12. The van der Waals surface area contributed by atoms with Crippen LogP contribution >= 0.6 is 0 Å². The molecular formula is C21H22N4O2S. The van der Waals surface area contributed by atoms with E-state index in [2.05, 4.69) is 45.8 Å². The predicted octanol–water partition coefficient (Wildman–Crippen LogP) is 4.10. The summed E-state index contributed by atoms with van der Waals surface area (Å²) in [6.45, 7) is 4.97. The molecule has 28 heavy (non-hydrogen) atoms. The highest BCUT2D eigenvalue weighted by Crippen LogP contribution is 2.33. The normalized spacial score (nSPS) is 13.6. The molecule has 1 aliphatic rings. The van der Waals surface area contributed by atoms with E-state index in [1.54, 1.807) is 24.3 Å². The Morgan fingerprint density at radius 2 is 1.71 bits per heavy atom. The second kappa shape index (κ2) is 7.24. The summed E-state index contributed by atoms with van der Waals surface area (Å²) in [7, 11) is -3.70. The molecule has 0 fully saturated rings. The fraction of sp³-hybridized carbons (Fsp3) is 0.238. The lowest BCUT2D eigenvalue weighted by atomic mass is 10.0. The van der Waals surface area contributed by atoms with Crippen molar-refractivity contribution in [2.75, 3.05) is 16.2 Å². The number of nitrogens with zero attached hydrogens (tertiary/aromatic N) is 3. The molecule has 0 amide bonds. The second-order valence-corrected chi connectivity index (χ2v) is 8.82. The molecule has 0 unspecified atom stereocenters. The van der Waals surface area contributed by atoms with Crippen LogP contribution in [0.5, 0.6) is 0 Å². The van der Waals surface area contributed by atoms with Crippen LogP contribution in [-0.4, -0.2) is 25.2 Å². The lowest BCUT2D eigenvalue weighted by molar-refractivity contribution is 0.601. The van der Waals surface area contributed by atoms with Gasteiger partial charge < -0.3 is 4.90 Å². The number of hydrogen-bond donors (Lipinski definition) is 1. The Bertz CT molecular complexity index is 1080. The molecule has 7 heteroatoms. The Morgan fingerprint density at radius 1 is 0.964 bits per heavy atom. The first-order valence-corrected chi connectivity index (χ1v) is 10.7. The molecule has 3 aromatic rings. The summed E-state index contributed by atoms with van der Waals surface area (Å²) in [5.41, 5.74) is 3.49. The highest BCUT2D eigenvalue weighted by molar-refractivity contribution is 7.92. The van der Waals surface area contributed by atoms with Crippen molar-refractivity contribution in [2.45, 2.75) is 31.1 Å². The van der Waals surface area contributed by atoms with Crippen molar-refractivity contribution in [3.8, 4) is 0 Å². The fourth-order valence-corrected chi connectivity index (χ4v) is 4.32. The van der Waals surface area contributed by atoms with Gasteiger partial charge in [0, 0.05) is 12.2 Å². The van der Waals surface area contributed by atoms with Gasteiger partial charge in [0.15, 0.2) is 11.6 Å². The third-order valence-corrected chi connectivity index (χ3v) is 6.28. The summed E-state index contributed by atoms with van der Waals surface area (Å²) < 4.78 is 27.7. The zero-order chi connectivity index (χ0) is 19.7. The van der Waals surface area contributed by atoms with Crippen LogP contribution in [0.2, 0.25) is 0 Å². The van der Waals surface area contributed by atoms with E-state index in [4.69, 9.17) is 0 Å². The molecule has 0 spiro atoms. The Labute approximate surface area is 165 Å². The smallest absolute Gasteiger partial charge is 0.263 e. The van der Waals surface area contributed by atoms with Crippen LogP contribution < -0.4 is 9.62 Å². The number of nitrogens with one attached hydrogen (secondary N) is 1. The van der Waals surface area contributed by atoms with Crippen molar-refractivity contribution in [1.82, 2.24) is 10.2 Å². The largest absolute Gasteiger partial charge is 0.324 e. The molecule has 1 N–H and O–H groups in total. The maximum atomic E-state index is 12.6. The molecule has 6 nitrogen and oxygen atoms in total. The van der Waals surface area contributed by atoms with Gasteiger partial charge in [0.2, 0.25) is 0 Å². The second-order valence-electron chi connectivity index (χ2n) is 7.14. The van der Waals surface area contributed by atoms with Gasteiger partial charge >= 0.3 is 0 Å². The van der Waals surface area contributed by atoms with Gasteiger partial charge in [0.1, 0.15) is 0 Å². The van der Waals surface area contributed by atoms with Gasteiger partial charge in [0.25, 0.3) is 10.0 Å². The molecule has 0 aliphatic carbocycles. The summed E-state index contributed by atoms with van der Waals surface area (Å²) in [6.07, 6.45) is 0.957. The van der Waals surface area contributed by atoms with Crippen LogP contribution in [0.1, 0.15) is 30.9 Å². The van der Waals surface area contributed by atoms with E-state index >= 15 is 0 Å². The highest BCUT2D eigenvalue weighted by atomic mass is 32.2. The molecule has 2 heterocycles. The van der Waals surface area contributed by atoms with Gasteiger partial charge in [-0.05, 0) is 53.8 Å². The lowest BCUT2D eigenvalue weighted by Crippen LogP contribution is -2.17. The first-order chi connectivity index (χ1) is 13.4. The molecule has 0 saturated heterocycles. The maximum Gasteiger partial charge on any atom is 0.263 e. The number of anilines is 3. The number of para-hydroxylation sites is 1. The summed E-state index contributed by atoms with van der Waals surface area (Å²) in [4.78, 5) is 2.29. The van der Waals surface area contributed by atoms with E-state index in [1.807, 2.05) is 24.3 Å². The topological polar surface area (TPSA) is 75.2 Å². The Balaban J connectivity index is 1.52. The van der Waals surface area contributed by atoms with Gasteiger partial charge in [-0.25, -0.2) is 8.42 Å². The van der Waals surface area contributed by atoms with Crippen LogP contribution in [-0.2, 0) is 16.4 Å². The van der Waals surface area contributed by atoms with E-state index in [1.165, 1.54) is 5.56 Å². The summed E-state index contributed by atoms with van der Waals surface area (Å²) in [6, 6.07) is 18.5. The van der Waals surface area contributed by atoms with E-state index < -0.39 is 10.0 Å². The van der Waals surface area contributed by atoms with Crippen molar-refractivity contribution >= 4 is 27.3 Å². The van der Waals surface area contributed by atoms with Crippen LogP contribution in [0, 0.1) is 0 Å². The number of benzene rings is 2. The summed E-state index contributed by atoms with van der Waals surface area (Å²) in [5.74, 6) is 1.25. The molecule has 1 aromatic heterocycles. The molecule has 144 valence electrons. The molecule has 0 bridgehead atoms. The molecule has 0 radical (unpaired) electrons. The maximum absolute atomic E-state index is 12.6. The molecular weight excluding hydrogens is 372 g/mol. The number of hydrogen-bond acceptors (Lipinski definition) is 5. The van der Waals surface area contributed by atoms with Crippen LogP contribution in [0.3, 0.4) is 0 Å². The number of fused-ring (bicyclic) bond motifs is 1. The third kappa shape index (κ3) is 3.57. The summed E-state index contributed by atoms with van der Waals surface area (Å²) in [5, 5.41) is 8.29. The van der Waals surface area contributed by atoms with Crippen molar-refractivity contribution in [1.29, 1.82) is 0 Å². The first-order valence-electron chi connectivity index (χ1n) is 9.26. The average molecular weight is 395 g/mol. The predicted molar refractivity (Wildman–Crippen MR) is 111 cm³/mol. The number of sulfonamides is 1. The van der Waals surface area contributed by atoms with Crippen LogP contribution in [0.25, 0.3) is 0 Å². The number of rotatable bonds is 5. The Morgan fingerprint density at radius 3 is 2.39 bits per heavy atom. The number of aromatic nitrogens is 2. The van der Waals surface area contributed by atoms with E-state index in [0.29, 0.717) is 11.7 Å². The standard InChI is InChI=1S/C21H22N4O2S/c1-15(2)16-7-9-18(10-8-16)28(26,27)24-20-11-12-21(23-22-20)25-14-13-17-5-3-4-6-19(17)25/h3-12,15H,13-14H2,1-2H3,(H,22,24).